The zero-order valence-electron chi connectivity index (χ0n) is 13.9. The molecule has 1 aliphatic rings. The van der Waals surface area contributed by atoms with Gasteiger partial charge in [-0.1, -0.05) is 30.3 Å². The summed E-state index contributed by atoms with van der Waals surface area (Å²) in [6.45, 7) is 1.85. The molecule has 0 aromatic heterocycles. The van der Waals surface area contributed by atoms with E-state index < -0.39 is 0 Å². The van der Waals surface area contributed by atoms with Crippen molar-refractivity contribution in [2.75, 3.05) is 19.6 Å². The predicted octanol–water partition coefficient (Wildman–Crippen LogP) is 2.71. The van der Waals surface area contributed by atoms with Crippen LogP contribution < -0.4 is 10.6 Å². The number of β-amino-alcohol motifs (C(OH)–C–C–N with tert-alkyl or cyclic N) is 1. The third-order valence-electron chi connectivity index (χ3n) is 4.19. The number of halogens is 1. The van der Waals surface area contributed by atoms with E-state index in [1.165, 1.54) is 10.5 Å². The van der Waals surface area contributed by atoms with Crippen molar-refractivity contribution in [3.05, 3.63) is 65.7 Å². The van der Waals surface area contributed by atoms with Gasteiger partial charge >= 0.3 is 0 Å². The standard InChI is InChI=1S/C19H22N2O2S.ClH/c22-18-12-20-10-16(18)11-21-19(23)15-8-6-14(7-9-15)13-24-17-4-2-1-3-5-17;/h1-9,16,18,20,22H,10-13H2,(H,21,23);1H. The van der Waals surface area contributed by atoms with Crippen LogP contribution in [0, 0.1) is 5.92 Å². The number of hydrogen-bond donors (Lipinski definition) is 3. The molecule has 0 radical (unpaired) electrons. The van der Waals surface area contributed by atoms with Crippen LogP contribution in [0.4, 0.5) is 0 Å². The van der Waals surface area contributed by atoms with Crippen molar-refractivity contribution in [3.8, 4) is 0 Å². The number of aliphatic hydroxyl groups excluding tert-OH is 1. The summed E-state index contributed by atoms with van der Waals surface area (Å²) in [5, 5.41) is 15.8. The number of hydrogen-bond acceptors (Lipinski definition) is 4. The van der Waals surface area contributed by atoms with Gasteiger partial charge in [-0.15, -0.1) is 24.2 Å². The van der Waals surface area contributed by atoms with Crippen LogP contribution in [-0.2, 0) is 5.75 Å². The summed E-state index contributed by atoms with van der Waals surface area (Å²) in [5.41, 5.74) is 1.85. The Bertz CT molecular complexity index is 667. The first kappa shape index (κ1) is 19.8. The quantitative estimate of drug-likeness (QED) is 0.676. The molecule has 0 aliphatic carbocycles. The maximum Gasteiger partial charge on any atom is 0.251 e. The van der Waals surface area contributed by atoms with Gasteiger partial charge in [0, 0.05) is 41.8 Å². The van der Waals surface area contributed by atoms with E-state index in [1.807, 2.05) is 42.5 Å². The average molecular weight is 379 g/mol. The molecule has 3 rings (SSSR count). The molecule has 0 saturated carbocycles. The summed E-state index contributed by atoms with van der Waals surface area (Å²) < 4.78 is 0. The number of nitrogens with one attached hydrogen (secondary N) is 2. The molecule has 1 saturated heterocycles. The summed E-state index contributed by atoms with van der Waals surface area (Å²) in [5.74, 6) is 0.887. The largest absolute Gasteiger partial charge is 0.391 e. The Kier molecular flexibility index (Phi) is 7.78. The molecule has 2 atom stereocenters. The van der Waals surface area contributed by atoms with Crippen molar-refractivity contribution in [1.29, 1.82) is 0 Å². The van der Waals surface area contributed by atoms with Gasteiger partial charge in [0.1, 0.15) is 0 Å². The highest BCUT2D eigenvalue weighted by atomic mass is 35.5. The third kappa shape index (κ3) is 5.75. The summed E-state index contributed by atoms with van der Waals surface area (Å²) in [7, 11) is 0. The van der Waals surface area contributed by atoms with Gasteiger partial charge in [-0.25, -0.2) is 0 Å². The minimum atomic E-state index is -0.373. The smallest absolute Gasteiger partial charge is 0.251 e. The number of carbonyl (C=O) groups is 1. The number of rotatable bonds is 6. The van der Waals surface area contributed by atoms with Crippen LogP contribution in [-0.4, -0.2) is 36.8 Å². The fraction of sp³-hybridized carbons (Fsp3) is 0.316. The first-order valence-corrected chi connectivity index (χ1v) is 9.15. The Morgan fingerprint density at radius 3 is 2.48 bits per heavy atom. The van der Waals surface area contributed by atoms with Gasteiger partial charge in [0.05, 0.1) is 6.10 Å². The molecule has 4 nitrogen and oxygen atoms in total. The van der Waals surface area contributed by atoms with Crippen LogP contribution >= 0.6 is 24.2 Å². The van der Waals surface area contributed by atoms with E-state index in [2.05, 4.69) is 22.8 Å². The fourth-order valence-corrected chi connectivity index (χ4v) is 3.56. The molecule has 1 heterocycles. The minimum Gasteiger partial charge on any atom is -0.391 e. The lowest BCUT2D eigenvalue weighted by atomic mass is 10.1. The van der Waals surface area contributed by atoms with Crippen LogP contribution in [0.25, 0.3) is 0 Å². The molecular formula is C19H23ClN2O2S. The second kappa shape index (κ2) is 9.82. The van der Waals surface area contributed by atoms with Crippen molar-refractivity contribution in [1.82, 2.24) is 10.6 Å². The summed E-state index contributed by atoms with van der Waals surface area (Å²) in [6.07, 6.45) is -0.373. The lowest BCUT2D eigenvalue weighted by Gasteiger charge is -2.14. The van der Waals surface area contributed by atoms with Crippen molar-refractivity contribution in [3.63, 3.8) is 0 Å². The molecule has 2 unspecified atom stereocenters. The average Bonchev–Trinajstić information content (AvgIpc) is 3.04. The van der Waals surface area contributed by atoms with E-state index >= 15 is 0 Å². The molecule has 6 heteroatoms. The molecule has 25 heavy (non-hydrogen) atoms. The van der Waals surface area contributed by atoms with Gasteiger partial charge in [0.15, 0.2) is 0 Å². The highest BCUT2D eigenvalue weighted by molar-refractivity contribution is 7.98. The lowest BCUT2D eigenvalue weighted by Crippen LogP contribution is -2.34. The number of amides is 1. The lowest BCUT2D eigenvalue weighted by molar-refractivity contribution is 0.0927. The van der Waals surface area contributed by atoms with Crippen LogP contribution in [0.2, 0.25) is 0 Å². The van der Waals surface area contributed by atoms with E-state index in [4.69, 9.17) is 0 Å². The van der Waals surface area contributed by atoms with Gasteiger partial charge in [0.25, 0.3) is 5.91 Å². The summed E-state index contributed by atoms with van der Waals surface area (Å²) >= 11 is 1.78. The van der Waals surface area contributed by atoms with Crippen molar-refractivity contribution < 1.29 is 9.90 Å². The van der Waals surface area contributed by atoms with Gasteiger partial charge in [-0.05, 0) is 29.8 Å². The SMILES string of the molecule is Cl.O=C(NCC1CNCC1O)c1ccc(CSc2ccccc2)cc1. The molecule has 1 aliphatic heterocycles. The van der Waals surface area contributed by atoms with Crippen LogP contribution in [0.3, 0.4) is 0 Å². The topological polar surface area (TPSA) is 61.4 Å². The van der Waals surface area contributed by atoms with Crippen molar-refractivity contribution in [2.45, 2.75) is 16.8 Å². The molecule has 0 bridgehead atoms. The van der Waals surface area contributed by atoms with E-state index in [-0.39, 0.29) is 30.3 Å². The molecule has 134 valence electrons. The summed E-state index contributed by atoms with van der Waals surface area (Å²) in [4.78, 5) is 13.4. The maximum absolute atomic E-state index is 12.2. The first-order valence-electron chi connectivity index (χ1n) is 8.16. The zero-order chi connectivity index (χ0) is 16.8. The third-order valence-corrected chi connectivity index (χ3v) is 5.28. The van der Waals surface area contributed by atoms with Crippen LogP contribution in [0.15, 0.2) is 59.5 Å². The van der Waals surface area contributed by atoms with Crippen LogP contribution in [0.1, 0.15) is 15.9 Å². The van der Waals surface area contributed by atoms with E-state index in [0.29, 0.717) is 18.7 Å². The highest BCUT2D eigenvalue weighted by Crippen LogP contribution is 2.22. The zero-order valence-corrected chi connectivity index (χ0v) is 15.5. The molecule has 1 amide bonds. The molecule has 1 fully saturated rings. The van der Waals surface area contributed by atoms with Gasteiger partial charge in [0.2, 0.25) is 0 Å². The Morgan fingerprint density at radius 1 is 1.12 bits per heavy atom. The van der Waals surface area contributed by atoms with Gasteiger partial charge in [-0.3, -0.25) is 4.79 Å². The van der Waals surface area contributed by atoms with Crippen LogP contribution in [0.5, 0.6) is 0 Å². The number of thioether (sulfide) groups is 1. The monoisotopic (exact) mass is 378 g/mol. The van der Waals surface area contributed by atoms with Crippen molar-refractivity contribution in [2.24, 2.45) is 5.92 Å². The Morgan fingerprint density at radius 2 is 1.84 bits per heavy atom. The number of carbonyl (C=O) groups excluding carboxylic acids is 1. The number of aliphatic hydroxyl groups is 1. The maximum atomic E-state index is 12.2. The second-order valence-corrected chi connectivity index (χ2v) is 7.04. The predicted molar refractivity (Wildman–Crippen MR) is 104 cm³/mol. The number of benzene rings is 2. The first-order chi connectivity index (χ1) is 11.7. The Labute approximate surface area is 158 Å². The van der Waals surface area contributed by atoms with E-state index in [9.17, 15) is 9.90 Å². The highest BCUT2D eigenvalue weighted by Gasteiger charge is 2.25. The summed E-state index contributed by atoms with van der Waals surface area (Å²) in [6, 6.07) is 18.0. The fourth-order valence-electron chi connectivity index (χ4n) is 2.69. The Balaban J connectivity index is 0.00000225. The second-order valence-electron chi connectivity index (χ2n) is 5.99. The Hall–Kier alpha value is -1.53. The molecule has 3 N–H and O–H groups in total. The molecule has 0 spiro atoms. The molecule has 2 aromatic rings. The van der Waals surface area contributed by atoms with Gasteiger partial charge in [-0.2, -0.15) is 0 Å². The molecule has 2 aromatic carbocycles. The normalized spacial score (nSPS) is 19.2. The minimum absolute atomic E-state index is 0. The van der Waals surface area contributed by atoms with Gasteiger partial charge < -0.3 is 15.7 Å². The van der Waals surface area contributed by atoms with Crippen molar-refractivity contribution >= 4 is 30.1 Å². The van der Waals surface area contributed by atoms with E-state index in [0.717, 1.165) is 12.3 Å². The molecular weight excluding hydrogens is 356 g/mol. The van der Waals surface area contributed by atoms with E-state index in [1.54, 1.807) is 11.8 Å².